The number of isocyanates is 1. The highest BCUT2D eigenvalue weighted by Gasteiger charge is 2.19. The zero-order valence-corrected chi connectivity index (χ0v) is 9.39. The van der Waals surface area contributed by atoms with Crippen molar-refractivity contribution < 1.29 is 4.79 Å². The highest BCUT2D eigenvalue weighted by molar-refractivity contribution is 5.47. The first-order chi connectivity index (χ1) is 7.79. The van der Waals surface area contributed by atoms with E-state index in [9.17, 15) is 4.79 Å². The van der Waals surface area contributed by atoms with Crippen LogP contribution in [0.4, 0.5) is 5.69 Å². The van der Waals surface area contributed by atoms with Crippen molar-refractivity contribution in [3.05, 3.63) is 24.0 Å². The van der Waals surface area contributed by atoms with Crippen molar-refractivity contribution in [3.63, 3.8) is 0 Å². The lowest BCUT2D eigenvalue weighted by atomic mass is 9.95. The molecule has 0 bridgehead atoms. The van der Waals surface area contributed by atoms with Gasteiger partial charge in [-0.1, -0.05) is 0 Å². The number of rotatable bonds is 2. The Hall–Kier alpha value is -1.51. The van der Waals surface area contributed by atoms with Crippen LogP contribution in [-0.2, 0) is 4.79 Å². The molecule has 0 radical (unpaired) electrons. The Bertz CT molecular complexity index is 395. The van der Waals surface area contributed by atoms with Crippen molar-refractivity contribution in [2.75, 3.05) is 20.1 Å². The Balaban J connectivity index is 2.11. The molecule has 0 aromatic carbocycles. The Morgan fingerprint density at radius 3 is 3.06 bits per heavy atom. The van der Waals surface area contributed by atoms with E-state index in [0.717, 1.165) is 12.2 Å². The molecular formula is C12H15N3O. The van der Waals surface area contributed by atoms with Gasteiger partial charge in [0.1, 0.15) is 0 Å². The van der Waals surface area contributed by atoms with E-state index in [-0.39, 0.29) is 0 Å². The molecule has 1 unspecified atom stereocenters. The maximum absolute atomic E-state index is 10.1. The number of likely N-dealkylation sites (N-methyl/N-ethyl adjacent to an activating group) is 1. The number of likely N-dealkylation sites (tertiary alicyclic amines) is 1. The molecule has 1 aromatic rings. The molecule has 1 aliphatic rings. The van der Waals surface area contributed by atoms with E-state index in [1.807, 2.05) is 12.1 Å². The zero-order chi connectivity index (χ0) is 11.4. The van der Waals surface area contributed by atoms with Crippen molar-refractivity contribution in [3.8, 4) is 0 Å². The molecule has 0 N–H and O–H groups in total. The van der Waals surface area contributed by atoms with E-state index in [1.54, 1.807) is 6.20 Å². The molecule has 0 amide bonds. The van der Waals surface area contributed by atoms with Crippen LogP contribution in [0.25, 0.3) is 0 Å². The van der Waals surface area contributed by atoms with Crippen LogP contribution in [0.3, 0.4) is 0 Å². The van der Waals surface area contributed by atoms with Gasteiger partial charge in [0.2, 0.25) is 6.08 Å². The van der Waals surface area contributed by atoms with Gasteiger partial charge in [-0.2, -0.15) is 4.99 Å². The van der Waals surface area contributed by atoms with Gasteiger partial charge in [0, 0.05) is 18.2 Å². The topological polar surface area (TPSA) is 45.6 Å². The van der Waals surface area contributed by atoms with E-state index in [1.165, 1.54) is 25.5 Å². The second-order valence-corrected chi connectivity index (χ2v) is 4.25. The summed E-state index contributed by atoms with van der Waals surface area (Å²) in [6.45, 7) is 2.23. The number of hydrogen-bond acceptors (Lipinski definition) is 4. The number of aliphatic imine (C=N–C) groups is 1. The van der Waals surface area contributed by atoms with Gasteiger partial charge in [-0.05, 0) is 38.6 Å². The normalized spacial score (nSPS) is 21.4. The molecule has 4 heteroatoms. The molecular weight excluding hydrogens is 202 g/mol. The molecule has 1 saturated heterocycles. The summed E-state index contributed by atoms with van der Waals surface area (Å²) in [6.07, 6.45) is 5.56. The molecule has 1 aliphatic heterocycles. The quantitative estimate of drug-likeness (QED) is 0.561. The molecule has 1 fully saturated rings. The number of nitrogens with zero attached hydrogens (tertiary/aromatic N) is 3. The average molecular weight is 217 g/mol. The Kier molecular flexibility index (Phi) is 3.44. The first kappa shape index (κ1) is 11.0. The molecule has 4 nitrogen and oxygen atoms in total. The fourth-order valence-electron chi connectivity index (χ4n) is 2.17. The van der Waals surface area contributed by atoms with E-state index >= 15 is 0 Å². The number of carbonyl (C=O) groups excluding carboxylic acids is 1. The third-order valence-electron chi connectivity index (χ3n) is 2.99. The van der Waals surface area contributed by atoms with Crippen LogP contribution in [0.2, 0.25) is 0 Å². The zero-order valence-electron chi connectivity index (χ0n) is 9.39. The van der Waals surface area contributed by atoms with Crippen molar-refractivity contribution >= 4 is 11.8 Å². The van der Waals surface area contributed by atoms with E-state index < -0.39 is 0 Å². The average Bonchev–Trinajstić information content (AvgIpc) is 2.30. The van der Waals surface area contributed by atoms with Gasteiger partial charge in [-0.3, -0.25) is 4.98 Å². The predicted molar refractivity (Wildman–Crippen MR) is 61.5 cm³/mol. The van der Waals surface area contributed by atoms with Crippen LogP contribution >= 0.6 is 0 Å². The largest absolute Gasteiger partial charge is 0.306 e. The van der Waals surface area contributed by atoms with Gasteiger partial charge in [0.05, 0.1) is 11.9 Å². The molecule has 1 atom stereocenters. The molecule has 0 spiro atoms. The lowest BCUT2D eigenvalue weighted by Gasteiger charge is -2.29. The van der Waals surface area contributed by atoms with Gasteiger partial charge in [0.25, 0.3) is 0 Å². The first-order valence-electron chi connectivity index (χ1n) is 5.52. The maximum Gasteiger partial charge on any atom is 0.240 e. The summed E-state index contributed by atoms with van der Waals surface area (Å²) in [5.74, 6) is 0.507. The standard InChI is InChI=1S/C12H15N3O/c1-15-6-2-3-10(8-15)12-5-4-11(7-13-12)14-9-16/h4-5,7,10H,2-3,6,8H2,1H3. The molecule has 2 heterocycles. The van der Waals surface area contributed by atoms with Crippen LogP contribution in [0.5, 0.6) is 0 Å². The van der Waals surface area contributed by atoms with E-state index in [0.29, 0.717) is 11.6 Å². The molecule has 0 aliphatic carbocycles. The SMILES string of the molecule is CN1CCCC(c2ccc(N=C=O)cn2)C1. The summed E-state index contributed by atoms with van der Waals surface area (Å²) in [5, 5.41) is 0. The summed E-state index contributed by atoms with van der Waals surface area (Å²) in [7, 11) is 2.14. The second-order valence-electron chi connectivity index (χ2n) is 4.25. The van der Waals surface area contributed by atoms with Crippen LogP contribution in [0, 0.1) is 0 Å². The number of hydrogen-bond donors (Lipinski definition) is 0. The monoisotopic (exact) mass is 217 g/mol. The van der Waals surface area contributed by atoms with Crippen LogP contribution in [-0.4, -0.2) is 36.1 Å². The lowest BCUT2D eigenvalue weighted by molar-refractivity contribution is 0.248. The molecule has 84 valence electrons. The van der Waals surface area contributed by atoms with E-state index in [2.05, 4.69) is 21.9 Å². The van der Waals surface area contributed by atoms with Crippen molar-refractivity contribution in [2.45, 2.75) is 18.8 Å². The fraction of sp³-hybridized carbons (Fsp3) is 0.500. The summed E-state index contributed by atoms with van der Waals surface area (Å²) in [5.41, 5.74) is 1.67. The van der Waals surface area contributed by atoms with Crippen molar-refractivity contribution in [1.82, 2.24) is 9.88 Å². The lowest BCUT2D eigenvalue weighted by Crippen LogP contribution is -2.31. The maximum atomic E-state index is 10.1. The third-order valence-corrected chi connectivity index (χ3v) is 2.99. The summed E-state index contributed by atoms with van der Waals surface area (Å²) < 4.78 is 0. The molecule has 0 saturated carbocycles. The van der Waals surface area contributed by atoms with Crippen LogP contribution in [0.1, 0.15) is 24.5 Å². The summed E-state index contributed by atoms with van der Waals surface area (Å²) >= 11 is 0. The van der Waals surface area contributed by atoms with Crippen molar-refractivity contribution in [1.29, 1.82) is 0 Å². The number of pyridine rings is 1. The Morgan fingerprint density at radius 2 is 2.44 bits per heavy atom. The third kappa shape index (κ3) is 2.54. The second kappa shape index (κ2) is 5.01. The highest BCUT2D eigenvalue weighted by atomic mass is 16.1. The molecule has 1 aromatic heterocycles. The van der Waals surface area contributed by atoms with Crippen molar-refractivity contribution in [2.24, 2.45) is 4.99 Å². The van der Waals surface area contributed by atoms with Gasteiger partial charge in [-0.25, -0.2) is 4.79 Å². The van der Waals surface area contributed by atoms with Gasteiger partial charge in [-0.15, -0.1) is 0 Å². The smallest absolute Gasteiger partial charge is 0.240 e. The minimum atomic E-state index is 0.507. The minimum Gasteiger partial charge on any atom is -0.306 e. The summed E-state index contributed by atoms with van der Waals surface area (Å²) in [4.78, 5) is 20.3. The minimum absolute atomic E-state index is 0.507. The number of aromatic nitrogens is 1. The molecule has 2 rings (SSSR count). The van der Waals surface area contributed by atoms with Gasteiger partial charge in [0.15, 0.2) is 0 Å². The molecule has 16 heavy (non-hydrogen) atoms. The first-order valence-corrected chi connectivity index (χ1v) is 5.52. The van der Waals surface area contributed by atoms with Gasteiger partial charge < -0.3 is 4.90 Å². The number of piperidine rings is 1. The fourth-order valence-corrected chi connectivity index (χ4v) is 2.17. The van der Waals surface area contributed by atoms with E-state index in [4.69, 9.17) is 0 Å². The van der Waals surface area contributed by atoms with Gasteiger partial charge >= 0.3 is 0 Å². The van der Waals surface area contributed by atoms with Crippen LogP contribution in [0.15, 0.2) is 23.3 Å². The Labute approximate surface area is 95.0 Å². The highest BCUT2D eigenvalue weighted by Crippen LogP contribution is 2.25. The van der Waals surface area contributed by atoms with Crippen LogP contribution < -0.4 is 0 Å². The Morgan fingerprint density at radius 1 is 1.56 bits per heavy atom. The summed E-state index contributed by atoms with van der Waals surface area (Å²) in [6, 6.07) is 3.78. The predicted octanol–water partition coefficient (Wildman–Crippen LogP) is 1.86.